The molecule has 0 saturated carbocycles. The fraction of sp³-hybridized carbons (Fsp3) is 0.500. The normalized spacial score (nSPS) is 12.6. The average Bonchev–Trinajstić information content (AvgIpc) is 2.90. The number of nitrogens with zero attached hydrogens (tertiary/aromatic N) is 4. The molecule has 2 rings (SSSR count). The van der Waals surface area contributed by atoms with Crippen LogP contribution < -0.4 is 5.32 Å². The summed E-state index contributed by atoms with van der Waals surface area (Å²) in [5, 5.41) is 14.7. The van der Waals surface area contributed by atoms with Crippen molar-refractivity contribution in [2.45, 2.75) is 39.7 Å². The number of nitrogens with one attached hydrogen (secondary N) is 1. The van der Waals surface area contributed by atoms with Crippen molar-refractivity contribution in [2.75, 3.05) is 5.32 Å². The van der Waals surface area contributed by atoms with Crippen LogP contribution >= 0.6 is 0 Å². The van der Waals surface area contributed by atoms with E-state index in [1.807, 2.05) is 12.1 Å². The molecule has 1 heterocycles. The van der Waals surface area contributed by atoms with E-state index in [4.69, 9.17) is 0 Å². The number of aromatic nitrogens is 4. The van der Waals surface area contributed by atoms with Crippen LogP contribution in [0.4, 0.5) is 5.69 Å². The van der Waals surface area contributed by atoms with Gasteiger partial charge in [-0.25, -0.2) is 4.68 Å². The van der Waals surface area contributed by atoms with Gasteiger partial charge in [0.25, 0.3) is 0 Å². The quantitative estimate of drug-likeness (QED) is 0.866. The number of rotatable bonds is 6. The van der Waals surface area contributed by atoms with E-state index >= 15 is 0 Å². The molecule has 0 spiro atoms. The first-order valence-corrected chi connectivity index (χ1v) is 6.75. The van der Waals surface area contributed by atoms with E-state index in [0.717, 1.165) is 17.3 Å². The maximum absolute atomic E-state index is 3.89. The smallest absolute Gasteiger partial charge is 0.143 e. The van der Waals surface area contributed by atoms with Crippen molar-refractivity contribution in [3.63, 3.8) is 0 Å². The average molecular weight is 259 g/mol. The summed E-state index contributed by atoms with van der Waals surface area (Å²) in [7, 11) is 0. The molecular weight excluding hydrogens is 238 g/mol. The lowest BCUT2D eigenvalue weighted by atomic mass is 10.0. The minimum Gasteiger partial charge on any atom is -0.383 e. The molecule has 0 amide bonds. The van der Waals surface area contributed by atoms with Crippen molar-refractivity contribution in [1.82, 2.24) is 20.2 Å². The Morgan fingerprint density at radius 1 is 1.21 bits per heavy atom. The highest BCUT2D eigenvalue weighted by Gasteiger charge is 2.05. The summed E-state index contributed by atoms with van der Waals surface area (Å²) in [5.41, 5.74) is 2.07. The van der Waals surface area contributed by atoms with Gasteiger partial charge in [0.05, 0.1) is 5.69 Å². The molecule has 0 aliphatic rings. The van der Waals surface area contributed by atoms with Crippen LogP contribution in [0.2, 0.25) is 0 Å². The van der Waals surface area contributed by atoms with E-state index in [0.29, 0.717) is 6.04 Å². The van der Waals surface area contributed by atoms with Gasteiger partial charge in [-0.05, 0) is 54.3 Å². The van der Waals surface area contributed by atoms with Crippen molar-refractivity contribution < 1.29 is 0 Å². The number of hydrogen-bond donors (Lipinski definition) is 1. The van der Waals surface area contributed by atoms with Gasteiger partial charge in [-0.3, -0.25) is 0 Å². The summed E-state index contributed by atoms with van der Waals surface area (Å²) in [6.07, 6.45) is 4.01. The Hall–Kier alpha value is -1.91. The van der Waals surface area contributed by atoms with Gasteiger partial charge in [0.1, 0.15) is 6.33 Å². The van der Waals surface area contributed by atoms with Crippen molar-refractivity contribution in [3.05, 3.63) is 30.6 Å². The molecule has 2 aromatic rings. The highest BCUT2D eigenvalue weighted by atomic mass is 15.5. The molecule has 1 atom stereocenters. The molecule has 0 bridgehead atoms. The third kappa shape index (κ3) is 4.05. The van der Waals surface area contributed by atoms with Crippen molar-refractivity contribution >= 4 is 5.69 Å². The van der Waals surface area contributed by atoms with E-state index in [-0.39, 0.29) is 0 Å². The highest BCUT2D eigenvalue weighted by Crippen LogP contribution is 2.16. The van der Waals surface area contributed by atoms with Crippen LogP contribution in [0.15, 0.2) is 30.6 Å². The Kier molecular flexibility index (Phi) is 4.49. The van der Waals surface area contributed by atoms with Crippen molar-refractivity contribution in [2.24, 2.45) is 5.92 Å². The second kappa shape index (κ2) is 6.31. The lowest BCUT2D eigenvalue weighted by Gasteiger charge is -2.16. The van der Waals surface area contributed by atoms with Crippen molar-refractivity contribution in [1.29, 1.82) is 0 Å². The van der Waals surface area contributed by atoms with Gasteiger partial charge in [0, 0.05) is 11.7 Å². The van der Waals surface area contributed by atoms with Crippen molar-refractivity contribution in [3.8, 4) is 5.69 Å². The van der Waals surface area contributed by atoms with Crippen LogP contribution in [0.1, 0.15) is 33.6 Å². The van der Waals surface area contributed by atoms with Crippen LogP contribution in [0, 0.1) is 5.92 Å². The number of hydrogen-bond acceptors (Lipinski definition) is 4. The van der Waals surface area contributed by atoms with Crippen LogP contribution in [-0.2, 0) is 0 Å². The van der Waals surface area contributed by atoms with E-state index in [2.05, 4.69) is 53.7 Å². The molecule has 102 valence electrons. The molecule has 0 fully saturated rings. The molecule has 5 heteroatoms. The largest absolute Gasteiger partial charge is 0.383 e. The van der Waals surface area contributed by atoms with E-state index in [1.54, 1.807) is 11.0 Å². The van der Waals surface area contributed by atoms with Gasteiger partial charge in [0.2, 0.25) is 0 Å². The molecule has 1 aromatic heterocycles. The Balaban J connectivity index is 1.99. The molecule has 0 aliphatic heterocycles. The van der Waals surface area contributed by atoms with E-state index in [9.17, 15) is 0 Å². The molecule has 1 aromatic carbocycles. The van der Waals surface area contributed by atoms with Gasteiger partial charge in [-0.1, -0.05) is 19.9 Å². The van der Waals surface area contributed by atoms with Gasteiger partial charge in [0.15, 0.2) is 0 Å². The first-order chi connectivity index (χ1) is 9.15. The highest BCUT2D eigenvalue weighted by molar-refractivity contribution is 5.51. The van der Waals surface area contributed by atoms with E-state index < -0.39 is 0 Å². The maximum atomic E-state index is 3.89. The summed E-state index contributed by atoms with van der Waals surface area (Å²) < 4.78 is 1.66. The predicted molar refractivity (Wildman–Crippen MR) is 76.3 cm³/mol. The zero-order chi connectivity index (χ0) is 13.7. The fourth-order valence-electron chi connectivity index (χ4n) is 1.96. The predicted octanol–water partition coefficient (Wildman–Crippen LogP) is 2.90. The molecule has 19 heavy (non-hydrogen) atoms. The Morgan fingerprint density at radius 2 is 2.05 bits per heavy atom. The molecule has 5 nitrogen and oxygen atoms in total. The third-order valence-corrected chi connectivity index (χ3v) is 3.05. The fourth-order valence-corrected chi connectivity index (χ4v) is 1.96. The first kappa shape index (κ1) is 13.5. The Bertz CT molecular complexity index is 492. The minimum atomic E-state index is 0.464. The lowest BCUT2D eigenvalue weighted by Crippen LogP contribution is -2.16. The number of benzene rings is 1. The van der Waals surface area contributed by atoms with Gasteiger partial charge >= 0.3 is 0 Å². The maximum Gasteiger partial charge on any atom is 0.143 e. The molecule has 0 saturated heterocycles. The summed E-state index contributed by atoms with van der Waals surface area (Å²) in [5.74, 6) is 0.747. The minimum absolute atomic E-state index is 0.464. The molecule has 0 radical (unpaired) electrons. The monoisotopic (exact) mass is 259 g/mol. The third-order valence-electron chi connectivity index (χ3n) is 3.05. The van der Waals surface area contributed by atoms with Crippen LogP contribution in [0.5, 0.6) is 0 Å². The van der Waals surface area contributed by atoms with Crippen LogP contribution in [0.25, 0.3) is 5.69 Å². The topological polar surface area (TPSA) is 55.6 Å². The zero-order valence-corrected chi connectivity index (χ0v) is 11.7. The van der Waals surface area contributed by atoms with Crippen LogP contribution in [-0.4, -0.2) is 26.2 Å². The standard InChI is InChI=1S/C14H21N5/c1-11(2)7-8-12(3)16-13-5-4-6-14(9-13)19-10-15-17-18-19/h4-6,9-12,16H,7-8H2,1-3H3. The molecule has 1 unspecified atom stereocenters. The summed E-state index contributed by atoms with van der Waals surface area (Å²) >= 11 is 0. The Morgan fingerprint density at radius 3 is 2.74 bits per heavy atom. The molecule has 1 N–H and O–H groups in total. The van der Waals surface area contributed by atoms with Gasteiger partial charge in [-0.2, -0.15) is 0 Å². The zero-order valence-electron chi connectivity index (χ0n) is 11.7. The summed E-state index contributed by atoms with van der Waals surface area (Å²) in [6, 6.07) is 8.59. The van der Waals surface area contributed by atoms with Crippen LogP contribution in [0.3, 0.4) is 0 Å². The van der Waals surface area contributed by atoms with Gasteiger partial charge < -0.3 is 5.32 Å². The second-order valence-corrected chi connectivity index (χ2v) is 5.32. The van der Waals surface area contributed by atoms with Gasteiger partial charge in [-0.15, -0.1) is 5.10 Å². The molecule has 0 aliphatic carbocycles. The number of tetrazole rings is 1. The number of anilines is 1. The first-order valence-electron chi connectivity index (χ1n) is 6.75. The lowest BCUT2D eigenvalue weighted by molar-refractivity contribution is 0.527. The summed E-state index contributed by atoms with van der Waals surface area (Å²) in [4.78, 5) is 0. The SMILES string of the molecule is CC(C)CCC(C)Nc1cccc(-n2cnnn2)c1. The van der Waals surface area contributed by atoms with E-state index in [1.165, 1.54) is 12.8 Å². The summed E-state index contributed by atoms with van der Waals surface area (Å²) in [6.45, 7) is 6.72. The molecular formula is C14H21N5. The Labute approximate surface area is 114 Å². The second-order valence-electron chi connectivity index (χ2n) is 5.32.